The van der Waals surface area contributed by atoms with E-state index in [9.17, 15) is 4.79 Å². The minimum absolute atomic E-state index is 0.0270. The van der Waals surface area contributed by atoms with Gasteiger partial charge in [0.15, 0.2) is 5.82 Å². The molecular formula is C13H20N4O2. The smallest absolute Gasteiger partial charge is 0.244 e. The van der Waals surface area contributed by atoms with Crippen LogP contribution >= 0.6 is 0 Å². The first kappa shape index (κ1) is 12.5. The third kappa shape index (κ3) is 2.45. The number of nitrogens with one attached hydrogen (secondary N) is 2. The van der Waals surface area contributed by atoms with Crippen LogP contribution in [0, 0.1) is 0 Å². The van der Waals surface area contributed by atoms with E-state index in [2.05, 4.69) is 20.5 Å². The van der Waals surface area contributed by atoms with Gasteiger partial charge in [-0.3, -0.25) is 4.79 Å². The highest BCUT2D eigenvalue weighted by Gasteiger charge is 2.31. The van der Waals surface area contributed by atoms with E-state index in [1.807, 2.05) is 6.21 Å². The van der Waals surface area contributed by atoms with Gasteiger partial charge in [0.25, 0.3) is 0 Å². The van der Waals surface area contributed by atoms with Crippen LogP contribution in [0.2, 0.25) is 0 Å². The first-order valence-corrected chi connectivity index (χ1v) is 6.88. The van der Waals surface area contributed by atoms with Gasteiger partial charge in [0.2, 0.25) is 5.91 Å². The average molecular weight is 264 g/mol. The number of amides is 1. The summed E-state index contributed by atoms with van der Waals surface area (Å²) in [5, 5.41) is 6.01. The van der Waals surface area contributed by atoms with Crippen LogP contribution in [0.1, 0.15) is 25.7 Å². The Balaban J connectivity index is 1.72. The van der Waals surface area contributed by atoms with Crippen LogP contribution in [-0.4, -0.2) is 49.4 Å². The zero-order valence-electron chi connectivity index (χ0n) is 11.2. The second-order valence-electron chi connectivity index (χ2n) is 5.23. The van der Waals surface area contributed by atoms with Crippen molar-refractivity contribution in [2.75, 3.05) is 20.2 Å². The lowest BCUT2D eigenvalue weighted by molar-refractivity contribution is -0.120. The summed E-state index contributed by atoms with van der Waals surface area (Å²) in [4.78, 5) is 18.0. The van der Waals surface area contributed by atoms with Gasteiger partial charge < -0.3 is 20.3 Å². The van der Waals surface area contributed by atoms with Crippen LogP contribution in [0.15, 0.2) is 16.6 Å². The van der Waals surface area contributed by atoms with E-state index in [1.165, 1.54) is 0 Å². The van der Waals surface area contributed by atoms with Crippen molar-refractivity contribution in [1.82, 2.24) is 15.5 Å². The molecule has 3 rings (SSSR count). The normalized spacial score (nSPS) is 30.8. The molecular weight excluding hydrogens is 244 g/mol. The van der Waals surface area contributed by atoms with Crippen LogP contribution in [0.4, 0.5) is 0 Å². The fourth-order valence-electron chi connectivity index (χ4n) is 3.05. The molecule has 0 aromatic carbocycles. The molecule has 1 amide bonds. The monoisotopic (exact) mass is 264 g/mol. The summed E-state index contributed by atoms with van der Waals surface area (Å²) in [5.41, 5.74) is 0. The molecule has 0 saturated heterocycles. The third-order valence-electron chi connectivity index (χ3n) is 4.10. The lowest BCUT2D eigenvalue weighted by Gasteiger charge is -2.41. The maximum atomic E-state index is 11.4. The van der Waals surface area contributed by atoms with Crippen molar-refractivity contribution in [3.05, 3.63) is 11.6 Å². The molecule has 0 atom stereocenters. The summed E-state index contributed by atoms with van der Waals surface area (Å²) in [6.07, 6.45) is 6.72. The summed E-state index contributed by atoms with van der Waals surface area (Å²) in [6.45, 7) is 1.14. The number of methoxy groups -OCH3 is 1. The molecule has 6 nitrogen and oxygen atoms in total. The number of aliphatic imine (C=N–C) groups is 1. The van der Waals surface area contributed by atoms with Gasteiger partial charge in [-0.25, -0.2) is 4.99 Å². The lowest BCUT2D eigenvalue weighted by Crippen LogP contribution is -2.51. The topological polar surface area (TPSA) is 66.0 Å². The fraction of sp³-hybridized carbons (Fsp3) is 0.692. The van der Waals surface area contributed by atoms with Crippen molar-refractivity contribution in [2.24, 2.45) is 4.99 Å². The highest BCUT2D eigenvalue weighted by Crippen LogP contribution is 2.28. The fourth-order valence-corrected chi connectivity index (χ4v) is 3.05. The summed E-state index contributed by atoms with van der Waals surface area (Å²) >= 11 is 0. The van der Waals surface area contributed by atoms with Crippen LogP contribution < -0.4 is 10.6 Å². The van der Waals surface area contributed by atoms with E-state index in [1.54, 1.807) is 7.11 Å². The molecule has 3 aliphatic rings. The zero-order chi connectivity index (χ0) is 13.2. The first-order chi connectivity index (χ1) is 9.28. The Bertz CT molecular complexity index is 424. The number of ether oxygens (including phenoxy) is 1. The molecule has 0 bridgehead atoms. The molecule has 6 heteroatoms. The molecule has 1 aliphatic carbocycles. The van der Waals surface area contributed by atoms with Gasteiger partial charge >= 0.3 is 0 Å². The molecule has 0 spiro atoms. The summed E-state index contributed by atoms with van der Waals surface area (Å²) in [6, 6.07) is 0.505. The Morgan fingerprint density at radius 3 is 2.89 bits per heavy atom. The second kappa shape index (κ2) is 5.21. The molecule has 0 aromatic heterocycles. The van der Waals surface area contributed by atoms with E-state index in [0.29, 0.717) is 24.5 Å². The van der Waals surface area contributed by atoms with E-state index < -0.39 is 0 Å². The van der Waals surface area contributed by atoms with Crippen molar-refractivity contribution >= 4 is 12.1 Å². The molecule has 1 fully saturated rings. The molecule has 0 radical (unpaired) electrons. The molecule has 19 heavy (non-hydrogen) atoms. The first-order valence-electron chi connectivity index (χ1n) is 6.88. The SMILES string of the molecule is COC1CCC(N2CC=NC3=C2NCC(=O)N3)CC1. The minimum Gasteiger partial charge on any atom is -0.381 e. The average Bonchev–Trinajstić information content (AvgIpc) is 2.46. The third-order valence-corrected chi connectivity index (χ3v) is 4.10. The van der Waals surface area contributed by atoms with E-state index in [0.717, 1.165) is 38.0 Å². The van der Waals surface area contributed by atoms with Gasteiger partial charge in [0, 0.05) is 19.4 Å². The number of hydrogen-bond acceptors (Lipinski definition) is 5. The predicted octanol–water partition coefficient (Wildman–Crippen LogP) is 0.176. The molecule has 2 N–H and O–H groups in total. The summed E-state index contributed by atoms with van der Waals surface area (Å²) < 4.78 is 5.42. The van der Waals surface area contributed by atoms with Gasteiger partial charge in [-0.2, -0.15) is 0 Å². The van der Waals surface area contributed by atoms with Gasteiger partial charge in [-0.05, 0) is 25.7 Å². The Hall–Kier alpha value is -1.56. The quantitative estimate of drug-likeness (QED) is 0.746. The molecule has 104 valence electrons. The Morgan fingerprint density at radius 1 is 1.37 bits per heavy atom. The van der Waals surface area contributed by atoms with E-state index in [-0.39, 0.29) is 5.91 Å². The molecule has 0 unspecified atom stereocenters. The Kier molecular flexibility index (Phi) is 3.42. The molecule has 2 heterocycles. The van der Waals surface area contributed by atoms with Crippen LogP contribution in [0.3, 0.4) is 0 Å². The number of carbonyl (C=O) groups is 1. The van der Waals surface area contributed by atoms with Crippen molar-refractivity contribution < 1.29 is 9.53 Å². The van der Waals surface area contributed by atoms with Crippen molar-refractivity contribution in [2.45, 2.75) is 37.8 Å². The standard InChI is InChI=1S/C13H20N4O2/c1-19-10-4-2-9(3-5-10)17-7-6-14-12-13(17)15-8-11(18)16-12/h6,9-10,15H,2-5,7-8H2,1H3,(H,16,18). The molecule has 2 aliphatic heterocycles. The highest BCUT2D eigenvalue weighted by molar-refractivity contribution is 5.82. The van der Waals surface area contributed by atoms with Crippen LogP contribution in [0.25, 0.3) is 0 Å². The highest BCUT2D eigenvalue weighted by atomic mass is 16.5. The number of nitrogens with zero attached hydrogens (tertiary/aromatic N) is 2. The Labute approximate surface area is 112 Å². The van der Waals surface area contributed by atoms with Gasteiger partial charge in [0.05, 0.1) is 19.2 Å². The number of rotatable bonds is 2. The van der Waals surface area contributed by atoms with Crippen molar-refractivity contribution in [3.63, 3.8) is 0 Å². The second-order valence-corrected chi connectivity index (χ2v) is 5.23. The van der Waals surface area contributed by atoms with Crippen molar-refractivity contribution in [3.8, 4) is 0 Å². The lowest BCUT2D eigenvalue weighted by atomic mass is 9.91. The minimum atomic E-state index is -0.0270. The molecule has 0 aromatic rings. The van der Waals surface area contributed by atoms with E-state index in [4.69, 9.17) is 4.74 Å². The molecule has 1 saturated carbocycles. The van der Waals surface area contributed by atoms with Gasteiger partial charge in [0.1, 0.15) is 5.82 Å². The zero-order valence-corrected chi connectivity index (χ0v) is 11.2. The van der Waals surface area contributed by atoms with Crippen molar-refractivity contribution in [1.29, 1.82) is 0 Å². The maximum absolute atomic E-state index is 11.4. The number of carbonyl (C=O) groups excluding carboxylic acids is 1. The summed E-state index contributed by atoms with van der Waals surface area (Å²) in [5.74, 6) is 1.61. The van der Waals surface area contributed by atoms with Crippen LogP contribution in [-0.2, 0) is 9.53 Å². The maximum Gasteiger partial charge on any atom is 0.244 e. The van der Waals surface area contributed by atoms with Gasteiger partial charge in [-0.15, -0.1) is 0 Å². The van der Waals surface area contributed by atoms with Crippen LogP contribution in [0.5, 0.6) is 0 Å². The van der Waals surface area contributed by atoms with E-state index >= 15 is 0 Å². The predicted molar refractivity (Wildman–Crippen MR) is 71.4 cm³/mol. The van der Waals surface area contributed by atoms with Gasteiger partial charge in [-0.1, -0.05) is 0 Å². The summed E-state index contributed by atoms with van der Waals surface area (Å²) in [7, 11) is 1.79. The Morgan fingerprint density at radius 2 is 2.16 bits per heavy atom. The number of hydrogen-bond donors (Lipinski definition) is 2. The largest absolute Gasteiger partial charge is 0.381 e.